The van der Waals surface area contributed by atoms with Gasteiger partial charge in [0.1, 0.15) is 0 Å². The van der Waals surface area contributed by atoms with Crippen LogP contribution in [-0.4, -0.2) is 10.9 Å². The van der Waals surface area contributed by atoms with E-state index in [1.54, 1.807) is 0 Å². The van der Waals surface area contributed by atoms with Gasteiger partial charge < -0.3 is 10.3 Å². The van der Waals surface area contributed by atoms with E-state index in [0.29, 0.717) is 5.56 Å². The molecule has 1 heterocycles. The van der Waals surface area contributed by atoms with Crippen LogP contribution in [0.25, 0.3) is 10.9 Å². The first-order valence-corrected chi connectivity index (χ1v) is 6.95. The second-order valence-corrected chi connectivity index (χ2v) is 5.45. The van der Waals surface area contributed by atoms with E-state index in [1.807, 2.05) is 54.7 Å². The molecular weight excluding hydrogens is 351 g/mol. The molecule has 0 spiro atoms. The standard InChI is InChI=1S/C15H11IN2O/c16-10-3-1-4-11(9-10)18-15(19)13-5-2-6-14-12(13)7-8-17-14/h1-9,17H,(H,18,19). The lowest BCUT2D eigenvalue weighted by Gasteiger charge is -2.06. The summed E-state index contributed by atoms with van der Waals surface area (Å²) in [5.41, 5.74) is 2.46. The van der Waals surface area contributed by atoms with Crippen LogP contribution in [0.15, 0.2) is 54.7 Å². The van der Waals surface area contributed by atoms with Gasteiger partial charge in [-0.05, 0) is 59.0 Å². The van der Waals surface area contributed by atoms with Crippen molar-refractivity contribution in [1.82, 2.24) is 4.98 Å². The molecule has 3 rings (SSSR count). The third-order valence-electron chi connectivity index (χ3n) is 2.92. The van der Waals surface area contributed by atoms with Gasteiger partial charge in [0, 0.05) is 31.9 Å². The first-order valence-electron chi connectivity index (χ1n) is 5.87. The normalized spacial score (nSPS) is 10.6. The Morgan fingerprint density at radius 3 is 2.79 bits per heavy atom. The highest BCUT2D eigenvalue weighted by molar-refractivity contribution is 14.1. The molecule has 0 saturated carbocycles. The van der Waals surface area contributed by atoms with Gasteiger partial charge in [-0.15, -0.1) is 0 Å². The molecule has 0 saturated heterocycles. The second kappa shape index (κ2) is 5.05. The predicted octanol–water partition coefficient (Wildman–Crippen LogP) is 4.02. The molecular formula is C15H11IN2O. The van der Waals surface area contributed by atoms with Crippen molar-refractivity contribution in [3.8, 4) is 0 Å². The summed E-state index contributed by atoms with van der Waals surface area (Å²) < 4.78 is 1.09. The summed E-state index contributed by atoms with van der Waals surface area (Å²) in [5.74, 6) is -0.0906. The molecule has 94 valence electrons. The molecule has 4 heteroatoms. The molecule has 1 amide bonds. The van der Waals surface area contributed by atoms with Gasteiger partial charge >= 0.3 is 0 Å². The Kier molecular flexibility index (Phi) is 3.25. The number of H-pyrrole nitrogens is 1. The Morgan fingerprint density at radius 1 is 1.11 bits per heavy atom. The third-order valence-corrected chi connectivity index (χ3v) is 3.59. The molecule has 0 bridgehead atoms. The molecule has 0 unspecified atom stereocenters. The van der Waals surface area contributed by atoms with Crippen molar-refractivity contribution < 1.29 is 4.79 Å². The third kappa shape index (κ3) is 2.49. The van der Waals surface area contributed by atoms with Crippen LogP contribution in [0.5, 0.6) is 0 Å². The van der Waals surface area contributed by atoms with E-state index in [9.17, 15) is 4.79 Å². The average Bonchev–Trinajstić information content (AvgIpc) is 2.86. The van der Waals surface area contributed by atoms with Crippen molar-refractivity contribution in [2.45, 2.75) is 0 Å². The topological polar surface area (TPSA) is 44.9 Å². The van der Waals surface area contributed by atoms with Crippen LogP contribution in [0.3, 0.4) is 0 Å². The summed E-state index contributed by atoms with van der Waals surface area (Å²) in [5, 5.41) is 3.86. The van der Waals surface area contributed by atoms with Gasteiger partial charge in [0.2, 0.25) is 0 Å². The second-order valence-electron chi connectivity index (χ2n) is 4.21. The average molecular weight is 362 g/mol. The first kappa shape index (κ1) is 12.2. The zero-order chi connectivity index (χ0) is 13.2. The highest BCUT2D eigenvalue weighted by Gasteiger charge is 2.10. The molecule has 0 aliphatic rings. The fraction of sp³-hybridized carbons (Fsp3) is 0. The molecule has 3 nitrogen and oxygen atoms in total. The van der Waals surface area contributed by atoms with Gasteiger partial charge in [0.15, 0.2) is 0 Å². The fourth-order valence-corrected chi connectivity index (χ4v) is 2.59. The number of fused-ring (bicyclic) bond motifs is 1. The lowest BCUT2D eigenvalue weighted by molar-refractivity contribution is 0.102. The van der Waals surface area contributed by atoms with Crippen LogP contribution < -0.4 is 5.32 Å². The van der Waals surface area contributed by atoms with E-state index in [-0.39, 0.29) is 5.91 Å². The van der Waals surface area contributed by atoms with Gasteiger partial charge in [-0.3, -0.25) is 4.79 Å². The van der Waals surface area contributed by atoms with Crippen molar-refractivity contribution in [1.29, 1.82) is 0 Å². The highest BCUT2D eigenvalue weighted by Crippen LogP contribution is 2.19. The van der Waals surface area contributed by atoms with Crippen LogP contribution in [-0.2, 0) is 0 Å². The van der Waals surface area contributed by atoms with Crippen molar-refractivity contribution in [2.24, 2.45) is 0 Å². The number of halogens is 1. The van der Waals surface area contributed by atoms with E-state index < -0.39 is 0 Å². The van der Waals surface area contributed by atoms with Crippen LogP contribution in [0.1, 0.15) is 10.4 Å². The van der Waals surface area contributed by atoms with E-state index >= 15 is 0 Å². The maximum atomic E-state index is 12.3. The minimum atomic E-state index is -0.0906. The van der Waals surface area contributed by atoms with E-state index in [1.165, 1.54) is 0 Å². The number of hydrogen-bond acceptors (Lipinski definition) is 1. The molecule has 0 aliphatic carbocycles. The molecule has 0 aliphatic heterocycles. The number of nitrogens with one attached hydrogen (secondary N) is 2. The molecule has 19 heavy (non-hydrogen) atoms. The van der Waals surface area contributed by atoms with Gasteiger partial charge in [0.25, 0.3) is 5.91 Å². The number of amides is 1. The molecule has 0 atom stereocenters. The molecule has 2 N–H and O–H groups in total. The molecule has 2 aromatic carbocycles. The van der Waals surface area contributed by atoms with Crippen molar-refractivity contribution in [3.63, 3.8) is 0 Å². The quantitative estimate of drug-likeness (QED) is 0.665. The van der Waals surface area contributed by atoms with Crippen LogP contribution in [0.2, 0.25) is 0 Å². The summed E-state index contributed by atoms with van der Waals surface area (Å²) in [4.78, 5) is 15.4. The van der Waals surface area contributed by atoms with E-state index in [2.05, 4.69) is 32.9 Å². The maximum absolute atomic E-state index is 12.3. The fourth-order valence-electron chi connectivity index (χ4n) is 2.05. The number of aromatic nitrogens is 1. The number of hydrogen-bond donors (Lipinski definition) is 2. The monoisotopic (exact) mass is 362 g/mol. The molecule has 1 aromatic heterocycles. The number of benzene rings is 2. The maximum Gasteiger partial charge on any atom is 0.256 e. The Bertz CT molecular complexity index is 748. The van der Waals surface area contributed by atoms with Crippen molar-refractivity contribution in [2.75, 3.05) is 5.32 Å². The number of rotatable bonds is 2. The van der Waals surface area contributed by atoms with E-state index in [0.717, 1.165) is 20.2 Å². The van der Waals surface area contributed by atoms with Crippen LogP contribution in [0, 0.1) is 3.57 Å². The number of aromatic amines is 1. The van der Waals surface area contributed by atoms with Gasteiger partial charge in [-0.1, -0.05) is 12.1 Å². The Hall–Kier alpha value is -1.82. The highest BCUT2D eigenvalue weighted by atomic mass is 127. The molecule has 3 aromatic rings. The molecule has 0 fully saturated rings. The van der Waals surface area contributed by atoms with Gasteiger partial charge in [0.05, 0.1) is 0 Å². The summed E-state index contributed by atoms with van der Waals surface area (Å²) in [6.45, 7) is 0. The number of carbonyl (C=O) groups excluding carboxylic acids is 1. The Labute approximate surface area is 124 Å². The van der Waals surface area contributed by atoms with E-state index in [4.69, 9.17) is 0 Å². The minimum absolute atomic E-state index is 0.0906. The summed E-state index contributed by atoms with van der Waals surface area (Å²) in [7, 11) is 0. The Balaban J connectivity index is 1.94. The summed E-state index contributed by atoms with van der Waals surface area (Å²) in [6.07, 6.45) is 1.84. The zero-order valence-electron chi connectivity index (χ0n) is 9.98. The van der Waals surface area contributed by atoms with Crippen LogP contribution >= 0.6 is 22.6 Å². The van der Waals surface area contributed by atoms with Gasteiger partial charge in [-0.2, -0.15) is 0 Å². The van der Waals surface area contributed by atoms with Crippen molar-refractivity contribution >= 4 is 45.1 Å². The zero-order valence-corrected chi connectivity index (χ0v) is 12.1. The predicted molar refractivity (Wildman–Crippen MR) is 85.4 cm³/mol. The number of carbonyl (C=O) groups is 1. The minimum Gasteiger partial charge on any atom is -0.361 e. The van der Waals surface area contributed by atoms with Crippen LogP contribution in [0.4, 0.5) is 5.69 Å². The largest absolute Gasteiger partial charge is 0.361 e. The Morgan fingerprint density at radius 2 is 1.95 bits per heavy atom. The van der Waals surface area contributed by atoms with Crippen molar-refractivity contribution in [3.05, 3.63) is 63.9 Å². The van der Waals surface area contributed by atoms with Gasteiger partial charge in [-0.25, -0.2) is 0 Å². The lowest BCUT2D eigenvalue weighted by Crippen LogP contribution is -2.12. The summed E-state index contributed by atoms with van der Waals surface area (Å²) in [6, 6.07) is 15.3. The first-order chi connectivity index (χ1) is 9.24. The smallest absolute Gasteiger partial charge is 0.256 e. The lowest BCUT2D eigenvalue weighted by atomic mass is 10.1. The number of anilines is 1. The SMILES string of the molecule is O=C(Nc1cccc(I)c1)c1cccc2[nH]ccc12. The molecule has 0 radical (unpaired) electrons. The summed E-state index contributed by atoms with van der Waals surface area (Å²) >= 11 is 2.22.